The molecule has 0 aliphatic rings. The molecule has 0 radical (unpaired) electrons. The predicted octanol–water partition coefficient (Wildman–Crippen LogP) is 2.49. The highest BCUT2D eigenvalue weighted by atomic mass is 16.5. The number of guanidine groups is 1. The van der Waals surface area contributed by atoms with Crippen LogP contribution in [0.15, 0.2) is 23.2 Å². The van der Waals surface area contributed by atoms with Crippen LogP contribution in [0.4, 0.5) is 5.69 Å². The second-order valence-corrected chi connectivity index (χ2v) is 4.05. The topological polar surface area (TPSA) is 54.9 Å². The zero-order valence-electron chi connectivity index (χ0n) is 12.1. The average molecular weight is 265 g/mol. The van der Waals surface area contributed by atoms with Crippen molar-refractivity contribution in [2.24, 2.45) is 4.99 Å². The average Bonchev–Trinajstić information content (AvgIpc) is 2.46. The van der Waals surface area contributed by atoms with Crippen molar-refractivity contribution in [3.63, 3.8) is 0 Å². The number of benzene rings is 1. The first-order chi connectivity index (χ1) is 9.24. The van der Waals surface area contributed by atoms with Gasteiger partial charge in [0.1, 0.15) is 0 Å². The molecule has 0 aliphatic carbocycles. The van der Waals surface area contributed by atoms with Gasteiger partial charge < -0.3 is 20.1 Å². The van der Waals surface area contributed by atoms with Crippen molar-refractivity contribution in [2.75, 3.05) is 33.1 Å². The fourth-order valence-electron chi connectivity index (χ4n) is 1.61. The van der Waals surface area contributed by atoms with Crippen LogP contribution in [-0.4, -0.2) is 33.8 Å². The zero-order chi connectivity index (χ0) is 14.1. The minimum absolute atomic E-state index is 0.691. The van der Waals surface area contributed by atoms with Crippen LogP contribution in [0.3, 0.4) is 0 Å². The highest BCUT2D eigenvalue weighted by Crippen LogP contribution is 2.29. The lowest BCUT2D eigenvalue weighted by Crippen LogP contribution is -2.31. The van der Waals surface area contributed by atoms with Crippen LogP contribution in [0, 0.1) is 0 Å². The van der Waals surface area contributed by atoms with E-state index in [-0.39, 0.29) is 0 Å². The molecule has 0 aliphatic heterocycles. The summed E-state index contributed by atoms with van der Waals surface area (Å²) in [6, 6.07) is 5.67. The lowest BCUT2D eigenvalue weighted by molar-refractivity contribution is 0.355. The Balaban J connectivity index is 2.69. The summed E-state index contributed by atoms with van der Waals surface area (Å²) in [5, 5.41) is 6.47. The van der Waals surface area contributed by atoms with E-state index >= 15 is 0 Å². The van der Waals surface area contributed by atoms with Gasteiger partial charge in [0.15, 0.2) is 17.5 Å². The summed E-state index contributed by atoms with van der Waals surface area (Å²) in [6.07, 6.45) is 2.27. The van der Waals surface area contributed by atoms with E-state index in [4.69, 9.17) is 9.47 Å². The highest BCUT2D eigenvalue weighted by Gasteiger charge is 2.05. The van der Waals surface area contributed by atoms with Gasteiger partial charge >= 0.3 is 0 Å². The number of methoxy groups -OCH3 is 2. The molecule has 0 saturated heterocycles. The number of hydrogen-bond acceptors (Lipinski definition) is 3. The van der Waals surface area contributed by atoms with Gasteiger partial charge in [0.2, 0.25) is 0 Å². The lowest BCUT2D eigenvalue weighted by atomic mass is 10.2. The third kappa shape index (κ3) is 4.69. The number of rotatable bonds is 6. The monoisotopic (exact) mass is 265 g/mol. The summed E-state index contributed by atoms with van der Waals surface area (Å²) in [6.45, 7) is 3.07. The van der Waals surface area contributed by atoms with Gasteiger partial charge in [-0.25, -0.2) is 0 Å². The molecule has 0 aromatic heterocycles. The Hall–Kier alpha value is -1.91. The van der Waals surface area contributed by atoms with Gasteiger partial charge in [-0.1, -0.05) is 13.3 Å². The van der Waals surface area contributed by atoms with Gasteiger partial charge in [0.25, 0.3) is 0 Å². The van der Waals surface area contributed by atoms with Gasteiger partial charge in [-0.2, -0.15) is 0 Å². The molecule has 0 bridgehead atoms. The van der Waals surface area contributed by atoms with Crippen LogP contribution in [0.25, 0.3) is 0 Å². The van der Waals surface area contributed by atoms with Gasteiger partial charge in [0.05, 0.1) is 14.2 Å². The molecule has 0 unspecified atom stereocenters. The Morgan fingerprint density at radius 1 is 1.21 bits per heavy atom. The number of aliphatic imine (C=N–C) groups is 1. The Morgan fingerprint density at radius 2 is 1.95 bits per heavy atom. The second kappa shape index (κ2) is 8.24. The van der Waals surface area contributed by atoms with Crippen molar-refractivity contribution in [3.8, 4) is 11.5 Å². The summed E-state index contributed by atoms with van der Waals surface area (Å²) >= 11 is 0. The molecule has 5 heteroatoms. The molecule has 106 valence electrons. The number of hydrogen-bond donors (Lipinski definition) is 2. The Labute approximate surface area is 115 Å². The number of nitrogens with one attached hydrogen (secondary N) is 2. The van der Waals surface area contributed by atoms with Crippen molar-refractivity contribution in [1.29, 1.82) is 0 Å². The first-order valence-electron chi connectivity index (χ1n) is 6.44. The quantitative estimate of drug-likeness (QED) is 0.471. The third-order valence-corrected chi connectivity index (χ3v) is 2.69. The Kier molecular flexibility index (Phi) is 6.57. The summed E-state index contributed by atoms with van der Waals surface area (Å²) in [7, 11) is 4.99. The fourth-order valence-corrected chi connectivity index (χ4v) is 1.61. The summed E-state index contributed by atoms with van der Waals surface area (Å²) in [5.41, 5.74) is 0.905. The van der Waals surface area contributed by atoms with Crippen molar-refractivity contribution < 1.29 is 9.47 Å². The molecule has 0 saturated carbocycles. The molecule has 5 nitrogen and oxygen atoms in total. The minimum Gasteiger partial charge on any atom is -0.493 e. The van der Waals surface area contributed by atoms with E-state index in [1.807, 2.05) is 18.2 Å². The van der Waals surface area contributed by atoms with E-state index in [0.29, 0.717) is 11.5 Å². The maximum absolute atomic E-state index is 5.27. The van der Waals surface area contributed by atoms with Crippen LogP contribution < -0.4 is 20.1 Å². The van der Waals surface area contributed by atoms with Crippen LogP contribution >= 0.6 is 0 Å². The summed E-state index contributed by atoms with van der Waals surface area (Å²) in [4.78, 5) is 4.18. The molecular formula is C14H23N3O2. The first kappa shape index (κ1) is 15.1. The van der Waals surface area contributed by atoms with Gasteiger partial charge in [0, 0.05) is 25.3 Å². The van der Waals surface area contributed by atoms with Crippen LogP contribution in [0.2, 0.25) is 0 Å². The van der Waals surface area contributed by atoms with Crippen molar-refractivity contribution in [1.82, 2.24) is 5.32 Å². The summed E-state index contributed by atoms with van der Waals surface area (Å²) in [5.74, 6) is 2.15. The SMILES string of the molecule is CCCCNC(=NC)Nc1ccc(OC)c(OC)c1. The van der Waals surface area contributed by atoms with E-state index in [1.165, 1.54) is 0 Å². The molecule has 0 atom stereocenters. The van der Waals surface area contributed by atoms with Crippen molar-refractivity contribution in [3.05, 3.63) is 18.2 Å². The molecule has 0 heterocycles. The van der Waals surface area contributed by atoms with E-state index in [0.717, 1.165) is 31.0 Å². The predicted molar refractivity (Wildman–Crippen MR) is 79.4 cm³/mol. The van der Waals surface area contributed by atoms with Crippen LogP contribution in [-0.2, 0) is 0 Å². The fraction of sp³-hybridized carbons (Fsp3) is 0.500. The third-order valence-electron chi connectivity index (χ3n) is 2.69. The summed E-state index contributed by atoms with van der Waals surface area (Å²) < 4.78 is 10.5. The molecule has 19 heavy (non-hydrogen) atoms. The maximum atomic E-state index is 5.27. The largest absolute Gasteiger partial charge is 0.493 e. The van der Waals surface area contributed by atoms with Gasteiger partial charge in [-0.05, 0) is 18.6 Å². The smallest absolute Gasteiger partial charge is 0.195 e. The number of anilines is 1. The molecule has 1 rings (SSSR count). The van der Waals surface area contributed by atoms with Crippen LogP contribution in [0.5, 0.6) is 11.5 Å². The molecule has 1 aromatic rings. The normalized spacial score (nSPS) is 11.1. The Bertz CT molecular complexity index is 419. The van der Waals surface area contributed by atoms with Gasteiger partial charge in [-0.3, -0.25) is 4.99 Å². The molecule has 0 amide bonds. The zero-order valence-corrected chi connectivity index (χ0v) is 12.1. The maximum Gasteiger partial charge on any atom is 0.195 e. The van der Waals surface area contributed by atoms with Crippen molar-refractivity contribution in [2.45, 2.75) is 19.8 Å². The Morgan fingerprint density at radius 3 is 2.53 bits per heavy atom. The molecule has 1 aromatic carbocycles. The molecule has 0 spiro atoms. The van der Waals surface area contributed by atoms with Crippen molar-refractivity contribution >= 4 is 11.6 Å². The number of nitrogens with zero attached hydrogens (tertiary/aromatic N) is 1. The number of unbranched alkanes of at least 4 members (excludes halogenated alkanes) is 1. The highest BCUT2D eigenvalue weighted by molar-refractivity contribution is 5.93. The standard InChI is InChI=1S/C14H23N3O2/c1-5-6-9-16-14(15-2)17-11-7-8-12(18-3)13(10-11)19-4/h7-8,10H,5-6,9H2,1-4H3,(H2,15,16,17). The number of ether oxygens (including phenoxy) is 2. The minimum atomic E-state index is 0.691. The lowest BCUT2D eigenvalue weighted by Gasteiger charge is -2.13. The first-order valence-corrected chi connectivity index (χ1v) is 6.44. The second-order valence-electron chi connectivity index (χ2n) is 4.05. The van der Waals surface area contributed by atoms with E-state index in [1.54, 1.807) is 21.3 Å². The van der Waals surface area contributed by atoms with E-state index in [9.17, 15) is 0 Å². The molecule has 0 fully saturated rings. The molecule has 2 N–H and O–H groups in total. The molecular weight excluding hydrogens is 242 g/mol. The van der Waals surface area contributed by atoms with Gasteiger partial charge in [-0.15, -0.1) is 0 Å². The van der Waals surface area contributed by atoms with Crippen LogP contribution in [0.1, 0.15) is 19.8 Å². The van der Waals surface area contributed by atoms with E-state index in [2.05, 4.69) is 22.5 Å². The van der Waals surface area contributed by atoms with E-state index < -0.39 is 0 Å².